The molecule has 0 saturated carbocycles. The Bertz CT molecular complexity index is 2160. The van der Waals surface area contributed by atoms with Crippen LogP contribution < -0.4 is 18.9 Å². The van der Waals surface area contributed by atoms with Gasteiger partial charge in [-0.15, -0.1) is 0 Å². The van der Waals surface area contributed by atoms with E-state index >= 15 is 0 Å². The van der Waals surface area contributed by atoms with Gasteiger partial charge in [0.25, 0.3) is 0 Å². The number of aromatic nitrogens is 2. The van der Waals surface area contributed by atoms with E-state index in [1.807, 2.05) is 0 Å². The molecule has 0 spiro atoms. The molecular formula is C46H48N4+2. The highest BCUT2D eigenvalue weighted by atomic mass is 15.1. The summed E-state index contributed by atoms with van der Waals surface area (Å²) in [5.74, 6) is 0.211. The van der Waals surface area contributed by atoms with Crippen molar-refractivity contribution < 1.29 is 9.13 Å². The van der Waals surface area contributed by atoms with E-state index < -0.39 is 0 Å². The number of nitrogens with zero attached hydrogens (tertiary/aromatic N) is 4. The highest BCUT2D eigenvalue weighted by Crippen LogP contribution is 2.34. The number of benzene rings is 3. The second-order valence-corrected chi connectivity index (χ2v) is 13.3. The minimum absolute atomic E-state index is 0.110. The van der Waals surface area contributed by atoms with Gasteiger partial charge in [-0.25, -0.2) is 0 Å². The summed E-state index contributed by atoms with van der Waals surface area (Å²) < 4.78 is 4.82. The molecule has 4 nitrogen and oxygen atoms in total. The Morgan fingerprint density at radius 1 is 0.680 bits per heavy atom. The van der Waals surface area contributed by atoms with Crippen LogP contribution in [-0.2, 0) is 6.54 Å². The van der Waals surface area contributed by atoms with Gasteiger partial charge in [-0.1, -0.05) is 73.7 Å². The highest BCUT2D eigenvalue weighted by Gasteiger charge is 2.29. The Morgan fingerprint density at radius 3 is 1.94 bits per heavy atom. The summed E-state index contributed by atoms with van der Waals surface area (Å²) in [6.07, 6.45) is 20.7. The van der Waals surface area contributed by atoms with Gasteiger partial charge in [0, 0.05) is 83.1 Å². The molecule has 2 aliphatic rings. The van der Waals surface area contributed by atoms with Crippen molar-refractivity contribution in [3.05, 3.63) is 167 Å². The zero-order valence-corrected chi connectivity index (χ0v) is 30.0. The molecule has 0 saturated heterocycles. The Kier molecular flexibility index (Phi) is 9.62. The molecule has 5 aromatic rings. The summed E-state index contributed by atoms with van der Waals surface area (Å²) in [6, 6.07) is 35.1. The Morgan fingerprint density at radius 2 is 1.28 bits per heavy atom. The fourth-order valence-electron chi connectivity index (χ4n) is 7.79. The van der Waals surface area contributed by atoms with Gasteiger partial charge >= 0.3 is 0 Å². The van der Waals surface area contributed by atoms with Crippen LogP contribution in [0.25, 0.3) is 35.2 Å². The fourth-order valence-corrected chi connectivity index (χ4v) is 7.79. The molecule has 250 valence electrons. The molecule has 50 heavy (non-hydrogen) atoms. The van der Waals surface area contributed by atoms with Crippen LogP contribution >= 0.6 is 0 Å². The van der Waals surface area contributed by atoms with Gasteiger partial charge < -0.3 is 9.80 Å². The predicted octanol–water partition coefficient (Wildman–Crippen LogP) is 10.0. The van der Waals surface area contributed by atoms with Crippen LogP contribution in [0.2, 0.25) is 0 Å². The minimum Gasteiger partial charge on any atom is -0.342 e. The summed E-state index contributed by atoms with van der Waals surface area (Å²) >= 11 is 0. The third kappa shape index (κ3) is 6.46. The van der Waals surface area contributed by atoms with E-state index in [1.165, 1.54) is 61.6 Å². The molecule has 2 atom stereocenters. The summed E-state index contributed by atoms with van der Waals surface area (Å²) in [6.45, 7) is 14.1. The summed E-state index contributed by atoms with van der Waals surface area (Å²) in [7, 11) is 0. The van der Waals surface area contributed by atoms with Crippen LogP contribution in [0.15, 0.2) is 145 Å². The van der Waals surface area contributed by atoms with Crippen molar-refractivity contribution in [3.63, 3.8) is 0 Å². The van der Waals surface area contributed by atoms with Crippen LogP contribution in [0, 0.1) is 5.92 Å². The fraction of sp³-hybridized carbons (Fsp3) is 0.217. The molecule has 0 N–H and O–H groups in total. The lowest BCUT2D eigenvalue weighted by Gasteiger charge is -2.30. The van der Waals surface area contributed by atoms with Gasteiger partial charge in [0.2, 0.25) is 11.2 Å². The molecule has 0 amide bonds. The lowest BCUT2D eigenvalue weighted by molar-refractivity contribution is -0.719. The van der Waals surface area contributed by atoms with E-state index in [1.54, 1.807) is 0 Å². The van der Waals surface area contributed by atoms with Crippen molar-refractivity contribution in [2.45, 2.75) is 47.2 Å². The molecule has 4 heteroatoms. The number of para-hydroxylation sites is 3. The third-order valence-corrected chi connectivity index (χ3v) is 10.2. The average molecular weight is 657 g/mol. The average Bonchev–Trinajstić information content (AvgIpc) is 3.15. The molecule has 0 fully saturated rings. The van der Waals surface area contributed by atoms with E-state index in [0.717, 1.165) is 19.6 Å². The second kappa shape index (κ2) is 14.6. The molecule has 2 aromatic heterocycles. The van der Waals surface area contributed by atoms with Gasteiger partial charge in [0.1, 0.15) is 6.54 Å². The number of rotatable bonds is 9. The van der Waals surface area contributed by atoms with Crippen molar-refractivity contribution in [1.29, 1.82) is 0 Å². The first kappa shape index (κ1) is 33.0. The van der Waals surface area contributed by atoms with E-state index in [0.29, 0.717) is 0 Å². The van der Waals surface area contributed by atoms with Crippen LogP contribution in [0.4, 0.5) is 11.4 Å². The van der Waals surface area contributed by atoms with Crippen molar-refractivity contribution in [1.82, 2.24) is 0 Å². The highest BCUT2D eigenvalue weighted by molar-refractivity contribution is 5.80. The van der Waals surface area contributed by atoms with Gasteiger partial charge in [-0.3, -0.25) is 0 Å². The Hall–Kier alpha value is -5.48. The number of pyridine rings is 2. The molecule has 0 bridgehead atoms. The Balaban J connectivity index is 1.27. The van der Waals surface area contributed by atoms with Crippen LogP contribution in [0.5, 0.6) is 0 Å². The number of hydrogen-bond acceptors (Lipinski definition) is 2. The SMILES string of the molecule is CCN1/C(=C\C(C)C(/C(C)=C/c2ccc3ccccc3[n+]2CC)[n+]2ccc(/C=C3\C=Cc4ccccc4N3CC)cc2)C=Cc2ccccc21. The van der Waals surface area contributed by atoms with Crippen LogP contribution in [0.1, 0.15) is 63.0 Å². The molecule has 3 aromatic carbocycles. The zero-order chi connectivity index (χ0) is 34.6. The number of allylic oxidation sites excluding steroid dienone is 4. The van der Waals surface area contributed by atoms with Gasteiger partial charge in [0.15, 0.2) is 18.4 Å². The quantitative estimate of drug-likeness (QED) is 0.147. The first-order chi connectivity index (χ1) is 24.5. The summed E-state index contributed by atoms with van der Waals surface area (Å²) in [4.78, 5) is 4.83. The van der Waals surface area contributed by atoms with Gasteiger partial charge in [0.05, 0.1) is 0 Å². The maximum Gasteiger partial charge on any atom is 0.212 e. The number of fused-ring (bicyclic) bond motifs is 3. The molecule has 2 aliphatic heterocycles. The second-order valence-electron chi connectivity index (χ2n) is 13.3. The largest absolute Gasteiger partial charge is 0.342 e. The maximum atomic E-state index is 2.46. The van der Waals surface area contributed by atoms with Gasteiger partial charge in [-0.05, 0) is 86.9 Å². The number of anilines is 2. The first-order valence-electron chi connectivity index (χ1n) is 18.1. The standard InChI is InChI=1S/C46H48N4/c1-6-48-40(24-21-37-15-9-12-18-43(37)48)31-34(4)46(35(5)32-41-25-22-38-16-10-13-19-44(38)49(41)7-2)47-29-27-36(28-30-47)33-42-26-23-39-17-11-14-20-45(39)50(42)8-3/h9-34,46H,6-8H2,1-5H3/q+2/b35-32+,40-31-. The van der Waals surface area contributed by atoms with Crippen LogP contribution in [0.3, 0.4) is 0 Å². The molecule has 7 rings (SSSR count). The molecule has 2 unspecified atom stereocenters. The van der Waals surface area contributed by atoms with E-state index in [2.05, 4.69) is 206 Å². The maximum absolute atomic E-state index is 2.46. The monoisotopic (exact) mass is 656 g/mol. The zero-order valence-electron chi connectivity index (χ0n) is 30.0. The lowest BCUT2D eigenvalue weighted by atomic mass is 9.91. The van der Waals surface area contributed by atoms with E-state index in [4.69, 9.17) is 0 Å². The molecule has 4 heterocycles. The van der Waals surface area contributed by atoms with Crippen LogP contribution in [-0.4, -0.2) is 13.1 Å². The van der Waals surface area contributed by atoms with Gasteiger partial charge in [-0.2, -0.15) is 9.13 Å². The number of hydrogen-bond donors (Lipinski definition) is 0. The van der Waals surface area contributed by atoms with E-state index in [9.17, 15) is 0 Å². The Labute approximate surface area is 298 Å². The van der Waals surface area contributed by atoms with Crippen molar-refractivity contribution in [3.8, 4) is 0 Å². The minimum atomic E-state index is 0.110. The summed E-state index contributed by atoms with van der Waals surface area (Å²) in [5, 5.41) is 1.26. The third-order valence-electron chi connectivity index (χ3n) is 10.2. The molecule has 0 radical (unpaired) electrons. The molecule has 0 aliphatic carbocycles. The number of aryl methyl sites for hydroxylation is 1. The van der Waals surface area contributed by atoms with Crippen molar-refractivity contribution in [2.24, 2.45) is 5.92 Å². The van der Waals surface area contributed by atoms with Crippen molar-refractivity contribution in [2.75, 3.05) is 22.9 Å². The smallest absolute Gasteiger partial charge is 0.212 e. The molecular weight excluding hydrogens is 609 g/mol. The normalized spacial score (nSPS) is 16.9. The lowest BCUT2D eigenvalue weighted by Crippen LogP contribution is -2.43. The predicted molar refractivity (Wildman–Crippen MR) is 211 cm³/mol. The topological polar surface area (TPSA) is 14.2 Å². The van der Waals surface area contributed by atoms with Crippen molar-refractivity contribution >= 4 is 46.6 Å². The number of likely N-dealkylation sites (N-methyl/N-ethyl adjacent to an activating group) is 2. The van der Waals surface area contributed by atoms with E-state index in [-0.39, 0.29) is 12.0 Å². The first-order valence-corrected chi connectivity index (χ1v) is 18.1. The summed E-state index contributed by atoms with van der Waals surface area (Å²) in [5.41, 5.74) is 12.5.